The molecule has 6 nitrogen and oxygen atoms in total. The Balaban J connectivity index is 4.39. The summed E-state index contributed by atoms with van der Waals surface area (Å²) < 4.78 is 4.39. The molecule has 6 heteroatoms. The lowest BCUT2D eigenvalue weighted by molar-refractivity contribution is -0.141. The van der Waals surface area contributed by atoms with Crippen molar-refractivity contribution in [2.24, 2.45) is 5.92 Å². The average molecular weight is 242 g/mol. The molecule has 0 aromatic heterocycles. The normalized spacial score (nSPS) is 11.5. The largest absolute Gasteiger partial charge is 0.468 e. The van der Waals surface area contributed by atoms with E-state index in [1.54, 1.807) is 13.8 Å². The van der Waals surface area contributed by atoms with Crippen LogP contribution < -0.4 is 10.6 Å². The van der Waals surface area contributed by atoms with Gasteiger partial charge in [0.2, 0.25) is 11.8 Å². The zero-order valence-corrected chi connectivity index (χ0v) is 10.3. The van der Waals surface area contributed by atoms with Crippen molar-refractivity contribution < 1.29 is 19.1 Å². The molecule has 0 aromatic carbocycles. The van der Waals surface area contributed by atoms with E-state index >= 15 is 0 Å². The van der Waals surface area contributed by atoms with E-state index in [1.807, 2.05) is 0 Å². The van der Waals surface area contributed by atoms with Gasteiger partial charge in [0, 0.05) is 0 Å². The van der Waals surface area contributed by atoms with E-state index in [4.69, 9.17) is 0 Å². The molecule has 0 aliphatic rings. The Labute approximate surface area is 100 Å². The molecule has 0 bridgehead atoms. The molecule has 2 amide bonds. The summed E-state index contributed by atoms with van der Waals surface area (Å²) in [4.78, 5) is 33.7. The molecule has 96 valence electrons. The fourth-order valence-corrected chi connectivity index (χ4v) is 1.09. The topological polar surface area (TPSA) is 84.5 Å². The van der Waals surface area contributed by atoms with Gasteiger partial charge >= 0.3 is 5.97 Å². The Morgan fingerprint density at radius 2 is 1.94 bits per heavy atom. The third-order valence-electron chi connectivity index (χ3n) is 2.07. The van der Waals surface area contributed by atoms with Gasteiger partial charge in [-0.1, -0.05) is 20.4 Å². The molecule has 0 aliphatic heterocycles. The summed E-state index contributed by atoms with van der Waals surface area (Å²) in [6, 6.07) is -0.704. The highest BCUT2D eigenvalue weighted by Crippen LogP contribution is 2.01. The standard InChI is InChI=1S/C11H18N2O4/c1-5-8(14)13-10(7(2)3)11(16)12-6-9(15)17-4/h5,7,10H,1,6H2,2-4H3,(H,12,16)(H,13,14)/t10-/m1/s1. The first-order valence-corrected chi connectivity index (χ1v) is 5.19. The molecule has 0 spiro atoms. The van der Waals surface area contributed by atoms with Crippen LogP contribution in [-0.2, 0) is 19.1 Å². The lowest BCUT2D eigenvalue weighted by atomic mass is 10.0. The van der Waals surface area contributed by atoms with E-state index in [9.17, 15) is 14.4 Å². The van der Waals surface area contributed by atoms with Crippen LogP contribution in [0.4, 0.5) is 0 Å². The molecule has 0 rings (SSSR count). The van der Waals surface area contributed by atoms with Crippen molar-refractivity contribution in [2.75, 3.05) is 13.7 Å². The van der Waals surface area contributed by atoms with Gasteiger partial charge in [-0.05, 0) is 12.0 Å². The number of rotatable bonds is 6. The van der Waals surface area contributed by atoms with Crippen LogP contribution in [0.2, 0.25) is 0 Å². The molecule has 0 saturated heterocycles. The van der Waals surface area contributed by atoms with E-state index in [1.165, 1.54) is 7.11 Å². The van der Waals surface area contributed by atoms with E-state index < -0.39 is 23.8 Å². The summed E-state index contributed by atoms with van der Waals surface area (Å²) in [5.41, 5.74) is 0. The number of methoxy groups -OCH3 is 1. The second-order valence-corrected chi connectivity index (χ2v) is 3.73. The first-order chi connectivity index (χ1) is 7.92. The monoisotopic (exact) mass is 242 g/mol. The van der Waals surface area contributed by atoms with Crippen molar-refractivity contribution in [2.45, 2.75) is 19.9 Å². The number of ether oxygens (including phenoxy) is 1. The van der Waals surface area contributed by atoms with Gasteiger partial charge in [-0.3, -0.25) is 14.4 Å². The Kier molecular flexibility index (Phi) is 6.62. The number of carbonyl (C=O) groups excluding carboxylic acids is 3. The zero-order valence-electron chi connectivity index (χ0n) is 10.3. The molecule has 0 saturated carbocycles. The van der Waals surface area contributed by atoms with Gasteiger partial charge in [0.15, 0.2) is 0 Å². The summed E-state index contributed by atoms with van der Waals surface area (Å²) in [7, 11) is 1.23. The van der Waals surface area contributed by atoms with Gasteiger partial charge in [0.05, 0.1) is 7.11 Å². The summed E-state index contributed by atoms with van der Waals surface area (Å²) in [5, 5.41) is 4.87. The van der Waals surface area contributed by atoms with Gasteiger partial charge in [0.1, 0.15) is 12.6 Å². The Hall–Kier alpha value is -1.85. The number of nitrogens with one attached hydrogen (secondary N) is 2. The highest BCUT2D eigenvalue weighted by atomic mass is 16.5. The zero-order chi connectivity index (χ0) is 13.4. The van der Waals surface area contributed by atoms with Crippen LogP contribution in [0.15, 0.2) is 12.7 Å². The van der Waals surface area contributed by atoms with Crippen LogP contribution in [0.3, 0.4) is 0 Å². The second-order valence-electron chi connectivity index (χ2n) is 3.73. The van der Waals surface area contributed by atoms with Crippen molar-refractivity contribution >= 4 is 17.8 Å². The number of esters is 1. The first-order valence-electron chi connectivity index (χ1n) is 5.19. The second kappa shape index (κ2) is 7.43. The summed E-state index contributed by atoms with van der Waals surface area (Å²) in [6.07, 6.45) is 1.09. The maximum Gasteiger partial charge on any atom is 0.325 e. The number of hydrogen-bond acceptors (Lipinski definition) is 4. The van der Waals surface area contributed by atoms with Crippen LogP contribution in [0.25, 0.3) is 0 Å². The van der Waals surface area contributed by atoms with Crippen molar-refractivity contribution in [1.29, 1.82) is 0 Å². The molecule has 0 fully saturated rings. The van der Waals surface area contributed by atoms with Crippen LogP contribution in [-0.4, -0.2) is 37.5 Å². The van der Waals surface area contributed by atoms with Crippen molar-refractivity contribution in [3.05, 3.63) is 12.7 Å². The van der Waals surface area contributed by atoms with Gasteiger partial charge in [0.25, 0.3) is 0 Å². The fourth-order valence-electron chi connectivity index (χ4n) is 1.09. The quantitative estimate of drug-likeness (QED) is 0.490. The fraction of sp³-hybridized carbons (Fsp3) is 0.545. The van der Waals surface area contributed by atoms with Gasteiger partial charge in [-0.2, -0.15) is 0 Å². The molecule has 17 heavy (non-hydrogen) atoms. The molecular weight excluding hydrogens is 224 g/mol. The third-order valence-corrected chi connectivity index (χ3v) is 2.07. The molecule has 0 aromatic rings. The average Bonchev–Trinajstić information content (AvgIpc) is 2.31. The molecule has 0 aliphatic carbocycles. The summed E-state index contributed by atoms with van der Waals surface area (Å²) in [6.45, 7) is 6.65. The number of hydrogen-bond donors (Lipinski definition) is 2. The van der Waals surface area contributed by atoms with Crippen LogP contribution >= 0.6 is 0 Å². The highest BCUT2D eigenvalue weighted by molar-refractivity contribution is 5.93. The maximum absolute atomic E-state index is 11.7. The Bertz CT molecular complexity index is 313. The molecule has 2 N–H and O–H groups in total. The van der Waals surface area contributed by atoms with E-state index in [-0.39, 0.29) is 12.5 Å². The summed E-state index contributed by atoms with van der Waals surface area (Å²) in [5.74, 6) is -1.51. The molecule has 0 unspecified atom stereocenters. The van der Waals surface area contributed by atoms with Crippen molar-refractivity contribution in [1.82, 2.24) is 10.6 Å². The van der Waals surface area contributed by atoms with E-state index in [0.717, 1.165) is 6.08 Å². The van der Waals surface area contributed by atoms with E-state index in [0.29, 0.717) is 0 Å². The van der Waals surface area contributed by atoms with Gasteiger partial charge < -0.3 is 15.4 Å². The molecule has 0 heterocycles. The smallest absolute Gasteiger partial charge is 0.325 e. The minimum absolute atomic E-state index is 0.100. The highest BCUT2D eigenvalue weighted by Gasteiger charge is 2.23. The van der Waals surface area contributed by atoms with Crippen molar-refractivity contribution in [3.63, 3.8) is 0 Å². The Morgan fingerprint density at radius 1 is 1.35 bits per heavy atom. The summed E-state index contributed by atoms with van der Waals surface area (Å²) >= 11 is 0. The number of amides is 2. The minimum atomic E-state index is -0.704. The predicted molar refractivity (Wildman–Crippen MR) is 62.0 cm³/mol. The molecular formula is C11H18N2O4. The maximum atomic E-state index is 11.7. The van der Waals surface area contributed by atoms with Crippen molar-refractivity contribution in [3.8, 4) is 0 Å². The SMILES string of the molecule is C=CC(=O)N[C@@H](C(=O)NCC(=O)OC)C(C)C. The van der Waals surface area contributed by atoms with Crippen LogP contribution in [0.1, 0.15) is 13.8 Å². The predicted octanol–water partition coefficient (Wildman–Crippen LogP) is -0.398. The van der Waals surface area contributed by atoms with Gasteiger partial charge in [-0.25, -0.2) is 0 Å². The Morgan fingerprint density at radius 3 is 2.35 bits per heavy atom. The number of carbonyl (C=O) groups is 3. The lowest BCUT2D eigenvalue weighted by Gasteiger charge is -2.20. The lowest BCUT2D eigenvalue weighted by Crippen LogP contribution is -2.50. The molecule has 0 radical (unpaired) electrons. The van der Waals surface area contributed by atoms with Gasteiger partial charge in [-0.15, -0.1) is 0 Å². The molecule has 1 atom stereocenters. The minimum Gasteiger partial charge on any atom is -0.468 e. The third kappa shape index (κ3) is 5.70. The van der Waals surface area contributed by atoms with Crippen LogP contribution in [0, 0.1) is 5.92 Å². The van der Waals surface area contributed by atoms with E-state index in [2.05, 4.69) is 21.9 Å². The first kappa shape index (κ1) is 15.2. The van der Waals surface area contributed by atoms with Crippen LogP contribution in [0.5, 0.6) is 0 Å².